The van der Waals surface area contributed by atoms with Crippen molar-refractivity contribution in [3.63, 3.8) is 0 Å². The number of piperazine rings is 1. The van der Waals surface area contributed by atoms with Crippen molar-refractivity contribution in [2.75, 3.05) is 32.1 Å². The van der Waals surface area contributed by atoms with Crippen LogP contribution in [0.15, 0.2) is 12.1 Å². The molecule has 11 heteroatoms. The zero-order valence-electron chi connectivity index (χ0n) is 19.8. The Morgan fingerprint density at radius 2 is 1.82 bits per heavy atom. The minimum Gasteiger partial charge on any atom is -0.393 e. The number of amides is 2. The van der Waals surface area contributed by atoms with E-state index in [0.29, 0.717) is 37.9 Å². The minimum absolute atomic E-state index is 0.0325. The van der Waals surface area contributed by atoms with Crippen LogP contribution in [0.1, 0.15) is 48.8 Å². The fraction of sp³-hybridized carbons (Fsp3) is 0.609. The number of nitrogens with zero attached hydrogens (tertiary/aromatic N) is 5. The lowest BCUT2D eigenvalue weighted by Gasteiger charge is -2.44. The number of alkyl halides is 3. The number of fused-ring (bicyclic) bond motifs is 1. The highest BCUT2D eigenvalue weighted by atomic mass is 19.4. The molecule has 1 aliphatic carbocycles. The second-order valence-electron chi connectivity index (χ2n) is 9.54. The third-order valence-corrected chi connectivity index (χ3v) is 6.97. The fourth-order valence-corrected chi connectivity index (χ4v) is 4.94. The zero-order chi connectivity index (χ0) is 24.9. The number of benzene rings is 1. The second-order valence-corrected chi connectivity index (χ2v) is 9.54. The Morgan fingerprint density at radius 1 is 1.18 bits per heavy atom. The normalized spacial score (nSPS) is 24.1. The number of aromatic nitrogens is 2. The number of halogens is 3. The lowest BCUT2D eigenvalue weighted by Crippen LogP contribution is -2.60. The van der Waals surface area contributed by atoms with Crippen LogP contribution in [-0.2, 0) is 18.0 Å². The Hall–Kier alpha value is -2.82. The zero-order valence-corrected chi connectivity index (χ0v) is 19.8. The second kappa shape index (κ2) is 8.75. The smallest absolute Gasteiger partial charge is 0.393 e. The molecule has 2 aliphatic rings. The molecule has 2 aromatic rings. The van der Waals surface area contributed by atoms with Gasteiger partial charge in [0.2, 0.25) is 5.91 Å². The molecular weight excluding hydrogens is 451 g/mol. The van der Waals surface area contributed by atoms with E-state index in [4.69, 9.17) is 0 Å². The summed E-state index contributed by atoms with van der Waals surface area (Å²) in [5.41, 5.74) is -0.657. The van der Waals surface area contributed by atoms with Crippen molar-refractivity contribution in [3.05, 3.63) is 23.5 Å². The van der Waals surface area contributed by atoms with Crippen molar-refractivity contribution < 1.29 is 27.9 Å². The van der Waals surface area contributed by atoms with Gasteiger partial charge < -0.3 is 24.4 Å². The van der Waals surface area contributed by atoms with Crippen molar-refractivity contribution in [2.24, 2.45) is 7.05 Å². The van der Waals surface area contributed by atoms with E-state index >= 15 is 0 Å². The standard InChI is InChI=1S/C23H30F3N5O3/c1-13-11-31(14-5-7-16(32)8-6-14)19(33)12-30(13)22(34)21-27-20-17(23(24,25)26)9-15(28(2)3)10-18(20)29(21)4/h9-10,13-14,16,32H,5-8,11-12H2,1-4H3/t13-,14?,16?/m1/s1. The average molecular weight is 482 g/mol. The van der Waals surface area contributed by atoms with Crippen LogP contribution in [0, 0.1) is 0 Å². The summed E-state index contributed by atoms with van der Waals surface area (Å²) in [5.74, 6) is -0.902. The highest BCUT2D eigenvalue weighted by Crippen LogP contribution is 2.37. The molecule has 0 spiro atoms. The molecule has 4 rings (SSSR count). The molecule has 2 amide bonds. The first-order valence-corrected chi connectivity index (χ1v) is 11.4. The number of carbonyl (C=O) groups excluding carboxylic acids is 2. The summed E-state index contributed by atoms with van der Waals surface area (Å²) in [7, 11) is 4.80. The molecule has 186 valence electrons. The van der Waals surface area contributed by atoms with E-state index in [1.54, 1.807) is 30.0 Å². The number of carbonyl (C=O) groups is 2. The number of aliphatic hydroxyl groups is 1. The molecule has 1 atom stereocenters. The number of rotatable bonds is 3. The predicted molar refractivity (Wildman–Crippen MR) is 121 cm³/mol. The van der Waals surface area contributed by atoms with Crippen molar-refractivity contribution in [3.8, 4) is 0 Å². The van der Waals surface area contributed by atoms with Gasteiger partial charge in [0.15, 0.2) is 5.82 Å². The summed E-state index contributed by atoms with van der Waals surface area (Å²) in [6.07, 6.45) is -2.26. The number of hydrogen-bond acceptors (Lipinski definition) is 5. The Balaban J connectivity index is 1.64. The van der Waals surface area contributed by atoms with E-state index in [1.165, 1.54) is 16.5 Å². The SMILES string of the molecule is C[C@@H]1CN(C2CCC(O)CC2)C(=O)CN1C(=O)c1nc2c(C(F)(F)F)cc(N(C)C)cc2n1C. The van der Waals surface area contributed by atoms with E-state index in [0.717, 1.165) is 6.07 Å². The van der Waals surface area contributed by atoms with Crippen molar-refractivity contribution in [1.29, 1.82) is 0 Å². The van der Waals surface area contributed by atoms with Gasteiger partial charge in [-0.1, -0.05) is 0 Å². The van der Waals surface area contributed by atoms with Crippen LogP contribution < -0.4 is 4.90 Å². The quantitative estimate of drug-likeness (QED) is 0.729. The molecule has 1 saturated carbocycles. The minimum atomic E-state index is -4.64. The molecule has 0 unspecified atom stereocenters. The van der Waals surface area contributed by atoms with E-state index < -0.39 is 17.6 Å². The molecule has 1 aromatic heterocycles. The third kappa shape index (κ3) is 4.33. The predicted octanol–water partition coefficient (Wildman–Crippen LogP) is 2.63. The van der Waals surface area contributed by atoms with Gasteiger partial charge in [0.05, 0.1) is 17.2 Å². The maximum atomic E-state index is 13.8. The van der Waals surface area contributed by atoms with Gasteiger partial charge in [0, 0.05) is 45.5 Å². The Bertz CT molecular complexity index is 1110. The molecule has 1 aromatic carbocycles. The highest BCUT2D eigenvalue weighted by Gasteiger charge is 2.40. The van der Waals surface area contributed by atoms with Gasteiger partial charge in [-0.05, 0) is 44.7 Å². The first-order valence-electron chi connectivity index (χ1n) is 11.4. The maximum absolute atomic E-state index is 13.8. The summed E-state index contributed by atoms with van der Waals surface area (Å²) in [5, 5.41) is 9.75. The number of aliphatic hydroxyl groups excluding tert-OH is 1. The van der Waals surface area contributed by atoms with Gasteiger partial charge in [-0.3, -0.25) is 9.59 Å². The van der Waals surface area contributed by atoms with Gasteiger partial charge in [-0.2, -0.15) is 13.2 Å². The molecule has 8 nitrogen and oxygen atoms in total. The van der Waals surface area contributed by atoms with Crippen LogP contribution >= 0.6 is 0 Å². The van der Waals surface area contributed by atoms with Crippen LogP contribution in [0.4, 0.5) is 18.9 Å². The highest BCUT2D eigenvalue weighted by molar-refractivity contribution is 5.98. The topological polar surface area (TPSA) is 81.9 Å². The molecule has 0 radical (unpaired) electrons. The Labute approximate surface area is 195 Å². The lowest BCUT2D eigenvalue weighted by atomic mass is 9.91. The Morgan fingerprint density at radius 3 is 2.41 bits per heavy atom. The van der Waals surface area contributed by atoms with Gasteiger partial charge in [0.25, 0.3) is 5.91 Å². The number of hydrogen-bond donors (Lipinski definition) is 1. The van der Waals surface area contributed by atoms with Gasteiger partial charge in [-0.15, -0.1) is 0 Å². The Kier molecular flexibility index (Phi) is 6.26. The van der Waals surface area contributed by atoms with Crippen molar-refractivity contribution in [2.45, 2.75) is 57.0 Å². The van der Waals surface area contributed by atoms with Crippen LogP contribution in [0.2, 0.25) is 0 Å². The number of anilines is 1. The number of aryl methyl sites for hydroxylation is 1. The van der Waals surface area contributed by atoms with E-state index in [9.17, 15) is 27.9 Å². The largest absolute Gasteiger partial charge is 0.418 e. The molecule has 2 heterocycles. The first-order chi connectivity index (χ1) is 15.9. The van der Waals surface area contributed by atoms with Gasteiger partial charge >= 0.3 is 6.18 Å². The third-order valence-electron chi connectivity index (χ3n) is 6.97. The molecule has 1 saturated heterocycles. The van der Waals surface area contributed by atoms with Gasteiger partial charge in [0.1, 0.15) is 12.1 Å². The first kappa shape index (κ1) is 24.3. The van der Waals surface area contributed by atoms with Crippen molar-refractivity contribution >= 4 is 28.5 Å². The van der Waals surface area contributed by atoms with Crippen LogP contribution in [-0.4, -0.2) is 81.6 Å². The summed E-state index contributed by atoms with van der Waals surface area (Å²) in [4.78, 5) is 35.2. The van der Waals surface area contributed by atoms with Crippen molar-refractivity contribution in [1.82, 2.24) is 19.4 Å². The molecular formula is C23H30F3N5O3. The average Bonchev–Trinajstić information content (AvgIpc) is 3.10. The maximum Gasteiger partial charge on any atom is 0.418 e. The molecule has 0 bridgehead atoms. The summed E-state index contributed by atoms with van der Waals surface area (Å²) in [6, 6.07) is 2.30. The molecule has 1 aliphatic heterocycles. The summed E-state index contributed by atoms with van der Waals surface area (Å²) in [6.45, 7) is 2.01. The van der Waals surface area contributed by atoms with E-state index in [2.05, 4.69) is 4.98 Å². The molecule has 2 fully saturated rings. The summed E-state index contributed by atoms with van der Waals surface area (Å²) < 4.78 is 42.7. The number of imidazole rings is 1. The van der Waals surface area contributed by atoms with Crippen LogP contribution in [0.5, 0.6) is 0 Å². The monoisotopic (exact) mass is 481 g/mol. The fourth-order valence-electron chi connectivity index (χ4n) is 4.94. The lowest BCUT2D eigenvalue weighted by molar-refractivity contribution is -0.141. The molecule has 34 heavy (non-hydrogen) atoms. The van der Waals surface area contributed by atoms with Gasteiger partial charge in [-0.25, -0.2) is 4.98 Å². The van der Waals surface area contributed by atoms with E-state index in [-0.39, 0.29) is 47.5 Å². The summed E-state index contributed by atoms with van der Waals surface area (Å²) >= 11 is 0. The van der Waals surface area contributed by atoms with Crippen LogP contribution in [0.25, 0.3) is 11.0 Å². The van der Waals surface area contributed by atoms with E-state index in [1.807, 2.05) is 6.92 Å². The molecule has 1 N–H and O–H groups in total. The van der Waals surface area contributed by atoms with Crippen LogP contribution in [0.3, 0.4) is 0 Å².